The number of pyridine rings is 1. The Morgan fingerprint density at radius 2 is 1.68 bits per heavy atom. The van der Waals surface area contributed by atoms with Crippen molar-refractivity contribution in [3.05, 3.63) is 89.1 Å². The Balaban J connectivity index is 1.41. The SMILES string of the molecule is CN1CCN(c2ccc(NC(=O)C[C@H](NC(=O)c3ccccc3Cl)c3ccccc3)cn2)CC1. The number of amides is 2. The fourth-order valence-corrected chi connectivity index (χ4v) is 4.12. The molecule has 4 rings (SSSR count). The van der Waals surface area contributed by atoms with Crippen LogP contribution in [0.15, 0.2) is 72.9 Å². The quantitative estimate of drug-likeness (QED) is 0.538. The smallest absolute Gasteiger partial charge is 0.253 e. The highest BCUT2D eigenvalue weighted by Gasteiger charge is 2.21. The van der Waals surface area contributed by atoms with Gasteiger partial charge in [-0.3, -0.25) is 9.59 Å². The van der Waals surface area contributed by atoms with Gasteiger partial charge in [0.15, 0.2) is 0 Å². The first-order valence-corrected chi connectivity index (χ1v) is 11.7. The average Bonchev–Trinajstić information content (AvgIpc) is 2.85. The molecule has 0 bridgehead atoms. The van der Waals surface area contributed by atoms with Crippen molar-refractivity contribution in [2.45, 2.75) is 12.5 Å². The Morgan fingerprint density at radius 1 is 0.971 bits per heavy atom. The summed E-state index contributed by atoms with van der Waals surface area (Å²) in [5.41, 5.74) is 1.82. The molecular weight excluding hydrogens is 450 g/mol. The Morgan fingerprint density at radius 3 is 2.35 bits per heavy atom. The van der Waals surface area contributed by atoms with Crippen LogP contribution in [-0.4, -0.2) is 54.9 Å². The van der Waals surface area contributed by atoms with Crippen LogP contribution >= 0.6 is 11.6 Å². The minimum absolute atomic E-state index is 0.0699. The van der Waals surface area contributed by atoms with E-state index in [-0.39, 0.29) is 18.2 Å². The number of hydrogen-bond donors (Lipinski definition) is 2. The second-order valence-corrected chi connectivity index (χ2v) is 8.77. The first-order valence-electron chi connectivity index (χ1n) is 11.3. The minimum atomic E-state index is -0.512. The number of carbonyl (C=O) groups excluding carboxylic acids is 2. The number of carbonyl (C=O) groups is 2. The lowest BCUT2D eigenvalue weighted by Gasteiger charge is -2.33. The van der Waals surface area contributed by atoms with Gasteiger partial charge in [0.05, 0.1) is 34.9 Å². The Hall–Kier alpha value is -3.42. The van der Waals surface area contributed by atoms with Crippen LogP contribution < -0.4 is 15.5 Å². The summed E-state index contributed by atoms with van der Waals surface area (Å²) < 4.78 is 0. The molecule has 0 radical (unpaired) electrons. The molecule has 0 unspecified atom stereocenters. The molecule has 0 saturated carbocycles. The number of nitrogens with one attached hydrogen (secondary N) is 2. The molecule has 0 aliphatic carbocycles. The largest absolute Gasteiger partial charge is 0.354 e. The van der Waals surface area contributed by atoms with Gasteiger partial charge in [-0.1, -0.05) is 54.1 Å². The molecule has 176 valence electrons. The third-order valence-corrected chi connectivity index (χ3v) is 6.20. The van der Waals surface area contributed by atoms with Crippen LogP contribution in [-0.2, 0) is 4.79 Å². The molecular formula is C26H28ClN5O2. The van der Waals surface area contributed by atoms with Crippen LogP contribution in [0, 0.1) is 0 Å². The van der Waals surface area contributed by atoms with Gasteiger partial charge >= 0.3 is 0 Å². The summed E-state index contributed by atoms with van der Waals surface area (Å²) in [4.78, 5) is 34.8. The van der Waals surface area contributed by atoms with Crippen molar-refractivity contribution in [1.82, 2.24) is 15.2 Å². The van der Waals surface area contributed by atoms with E-state index in [2.05, 4.69) is 32.5 Å². The molecule has 2 amide bonds. The number of rotatable bonds is 7. The molecule has 1 aliphatic rings. The van der Waals surface area contributed by atoms with Gasteiger partial charge in [0.25, 0.3) is 5.91 Å². The highest BCUT2D eigenvalue weighted by Crippen LogP contribution is 2.22. The Bertz CT molecular complexity index is 1120. The normalized spacial score (nSPS) is 14.9. The van der Waals surface area contributed by atoms with E-state index in [4.69, 9.17) is 11.6 Å². The molecule has 1 fully saturated rings. The van der Waals surface area contributed by atoms with Gasteiger partial charge in [-0.05, 0) is 36.9 Å². The summed E-state index contributed by atoms with van der Waals surface area (Å²) in [5.74, 6) is 0.355. The molecule has 0 spiro atoms. The number of anilines is 2. The zero-order chi connectivity index (χ0) is 23.9. The first-order chi connectivity index (χ1) is 16.5. The molecule has 2 heterocycles. The van der Waals surface area contributed by atoms with Gasteiger partial charge in [-0.25, -0.2) is 4.98 Å². The summed E-state index contributed by atoms with van der Waals surface area (Å²) in [5, 5.41) is 6.21. The summed E-state index contributed by atoms with van der Waals surface area (Å²) >= 11 is 6.18. The number of aromatic nitrogens is 1. The van der Waals surface area contributed by atoms with Crippen LogP contribution in [0.25, 0.3) is 0 Å². The predicted molar refractivity (Wildman–Crippen MR) is 135 cm³/mol. The van der Waals surface area contributed by atoms with Gasteiger partial charge in [0.2, 0.25) is 5.91 Å². The minimum Gasteiger partial charge on any atom is -0.354 e. The van der Waals surface area contributed by atoms with E-state index in [1.54, 1.807) is 30.5 Å². The van der Waals surface area contributed by atoms with Crippen molar-refractivity contribution in [3.63, 3.8) is 0 Å². The van der Waals surface area contributed by atoms with Crippen molar-refractivity contribution in [1.29, 1.82) is 0 Å². The average molecular weight is 478 g/mol. The number of nitrogens with zero attached hydrogens (tertiary/aromatic N) is 3. The maximum atomic E-state index is 12.9. The Labute approximate surface area is 204 Å². The summed E-state index contributed by atoms with van der Waals surface area (Å²) in [6.45, 7) is 3.86. The van der Waals surface area contributed by atoms with Crippen molar-refractivity contribution >= 4 is 34.9 Å². The van der Waals surface area contributed by atoms with Crippen LogP contribution in [0.3, 0.4) is 0 Å². The third-order valence-electron chi connectivity index (χ3n) is 5.87. The second kappa shape index (κ2) is 11.1. The maximum Gasteiger partial charge on any atom is 0.253 e. The standard InChI is InChI=1S/C26H28ClN5O2/c1-31-13-15-32(16-14-31)24-12-11-20(18-28-24)29-25(33)17-23(19-7-3-2-4-8-19)30-26(34)21-9-5-6-10-22(21)27/h2-12,18,23H,13-17H2,1H3,(H,29,33)(H,30,34)/t23-/m0/s1. The highest BCUT2D eigenvalue weighted by molar-refractivity contribution is 6.33. The zero-order valence-electron chi connectivity index (χ0n) is 19.1. The van der Waals surface area contributed by atoms with Gasteiger partial charge in [0.1, 0.15) is 5.82 Å². The molecule has 1 aromatic heterocycles. The van der Waals surface area contributed by atoms with E-state index in [9.17, 15) is 9.59 Å². The third kappa shape index (κ3) is 6.12. The van der Waals surface area contributed by atoms with Gasteiger partial charge < -0.3 is 20.4 Å². The number of hydrogen-bond acceptors (Lipinski definition) is 5. The number of benzene rings is 2. The summed E-state index contributed by atoms with van der Waals surface area (Å²) in [6.07, 6.45) is 1.74. The van der Waals surface area contributed by atoms with Crippen LogP contribution in [0.2, 0.25) is 5.02 Å². The van der Waals surface area contributed by atoms with E-state index in [0.717, 1.165) is 37.6 Å². The maximum absolute atomic E-state index is 12.9. The highest BCUT2D eigenvalue weighted by atomic mass is 35.5. The zero-order valence-corrected chi connectivity index (χ0v) is 19.8. The van der Waals surface area contributed by atoms with Gasteiger partial charge in [0, 0.05) is 26.2 Å². The van der Waals surface area contributed by atoms with Gasteiger partial charge in [-0.2, -0.15) is 0 Å². The van der Waals surface area contributed by atoms with E-state index in [1.807, 2.05) is 42.5 Å². The van der Waals surface area contributed by atoms with Crippen LogP contribution in [0.4, 0.5) is 11.5 Å². The molecule has 1 saturated heterocycles. The van der Waals surface area contributed by atoms with Crippen molar-refractivity contribution < 1.29 is 9.59 Å². The fraction of sp³-hybridized carbons (Fsp3) is 0.269. The molecule has 2 aromatic carbocycles. The molecule has 3 aromatic rings. The number of halogens is 1. The van der Waals surface area contributed by atoms with Crippen molar-refractivity contribution in [3.8, 4) is 0 Å². The van der Waals surface area contributed by atoms with Crippen LogP contribution in [0.5, 0.6) is 0 Å². The van der Waals surface area contributed by atoms with E-state index < -0.39 is 6.04 Å². The molecule has 1 atom stereocenters. The van der Waals surface area contributed by atoms with Crippen molar-refractivity contribution in [2.24, 2.45) is 0 Å². The lowest BCUT2D eigenvalue weighted by Crippen LogP contribution is -2.44. The molecule has 7 nitrogen and oxygen atoms in total. The fourth-order valence-electron chi connectivity index (χ4n) is 3.90. The van der Waals surface area contributed by atoms with E-state index in [0.29, 0.717) is 16.3 Å². The molecule has 34 heavy (non-hydrogen) atoms. The van der Waals surface area contributed by atoms with Crippen LogP contribution in [0.1, 0.15) is 28.4 Å². The topological polar surface area (TPSA) is 77.6 Å². The molecule has 2 N–H and O–H groups in total. The van der Waals surface area contributed by atoms with E-state index in [1.165, 1.54) is 0 Å². The first kappa shape index (κ1) is 23.7. The number of likely N-dealkylation sites (N-methyl/N-ethyl adjacent to an activating group) is 1. The lowest BCUT2D eigenvalue weighted by atomic mass is 10.0. The number of piperazine rings is 1. The molecule has 8 heteroatoms. The molecule has 1 aliphatic heterocycles. The summed E-state index contributed by atoms with van der Waals surface area (Å²) in [6, 6.07) is 19.5. The lowest BCUT2D eigenvalue weighted by molar-refractivity contribution is -0.116. The van der Waals surface area contributed by atoms with E-state index >= 15 is 0 Å². The predicted octanol–water partition coefficient (Wildman–Crippen LogP) is 3.99. The Kier molecular flexibility index (Phi) is 7.77. The van der Waals surface area contributed by atoms with Gasteiger partial charge in [-0.15, -0.1) is 0 Å². The second-order valence-electron chi connectivity index (χ2n) is 8.36. The summed E-state index contributed by atoms with van der Waals surface area (Å²) in [7, 11) is 2.11. The monoisotopic (exact) mass is 477 g/mol. The van der Waals surface area contributed by atoms with Crippen molar-refractivity contribution in [2.75, 3.05) is 43.4 Å².